The van der Waals surface area contributed by atoms with Crippen LogP contribution in [0.2, 0.25) is 0 Å². The molecule has 1 unspecified atom stereocenters. The molecule has 0 saturated carbocycles. The largest absolute Gasteiger partial charge is 0.480 e. The number of amides is 2. The average molecular weight is 368 g/mol. The summed E-state index contributed by atoms with van der Waals surface area (Å²) in [5.41, 5.74) is 3.82. The van der Waals surface area contributed by atoms with E-state index in [-0.39, 0.29) is 25.3 Å². The summed E-state index contributed by atoms with van der Waals surface area (Å²) in [4.78, 5) is 35.5. The van der Waals surface area contributed by atoms with Crippen LogP contribution in [-0.2, 0) is 27.2 Å². The van der Waals surface area contributed by atoms with Crippen molar-refractivity contribution in [3.8, 4) is 0 Å². The van der Waals surface area contributed by atoms with E-state index >= 15 is 0 Å². The number of carbonyl (C=O) groups is 3. The van der Waals surface area contributed by atoms with Crippen molar-refractivity contribution < 1.29 is 19.5 Å². The Kier molecular flexibility index (Phi) is 7.11. The molecule has 2 aromatic carbocycles. The summed E-state index contributed by atoms with van der Waals surface area (Å²) in [6.07, 6.45) is 0.241. The molecule has 0 aliphatic heterocycles. The topological polar surface area (TPSA) is 95.5 Å². The maximum Gasteiger partial charge on any atom is 0.328 e. The third-order valence-electron chi connectivity index (χ3n) is 4.11. The zero-order valence-corrected chi connectivity index (χ0v) is 15.5. The third-order valence-corrected chi connectivity index (χ3v) is 4.11. The standard InChI is InChI=1S/C21H24N2O4/c1-14-3-7-16(8-4-14)11-19(24)22-13-18(21(26)27)23-20(25)12-17-9-5-15(2)6-10-17/h3-10,18H,11-13H2,1-2H3,(H,22,24)(H,23,25)(H,26,27). The minimum absolute atomic E-state index is 0.0847. The van der Waals surface area contributed by atoms with Crippen LogP contribution in [0, 0.1) is 13.8 Å². The smallest absolute Gasteiger partial charge is 0.328 e. The molecule has 27 heavy (non-hydrogen) atoms. The summed E-state index contributed by atoms with van der Waals surface area (Å²) in [5.74, 6) is -1.89. The second-order valence-electron chi connectivity index (χ2n) is 6.59. The lowest BCUT2D eigenvalue weighted by Crippen LogP contribution is -2.49. The van der Waals surface area contributed by atoms with E-state index in [1.165, 1.54) is 0 Å². The van der Waals surface area contributed by atoms with Gasteiger partial charge in [0.15, 0.2) is 0 Å². The van der Waals surface area contributed by atoms with Crippen molar-refractivity contribution in [1.82, 2.24) is 10.6 Å². The van der Waals surface area contributed by atoms with Crippen LogP contribution in [0.25, 0.3) is 0 Å². The quantitative estimate of drug-likeness (QED) is 0.662. The van der Waals surface area contributed by atoms with Crippen LogP contribution in [0.1, 0.15) is 22.3 Å². The molecule has 2 rings (SSSR count). The summed E-state index contributed by atoms with van der Waals surface area (Å²) >= 11 is 0. The van der Waals surface area contributed by atoms with E-state index in [2.05, 4.69) is 10.6 Å². The SMILES string of the molecule is Cc1ccc(CC(=O)NCC(NC(=O)Cc2ccc(C)cc2)C(=O)O)cc1. The minimum Gasteiger partial charge on any atom is -0.480 e. The van der Waals surface area contributed by atoms with E-state index in [9.17, 15) is 19.5 Å². The lowest BCUT2D eigenvalue weighted by atomic mass is 10.1. The number of rotatable bonds is 8. The first-order chi connectivity index (χ1) is 12.8. The summed E-state index contributed by atoms with van der Waals surface area (Å²) in [6.45, 7) is 3.74. The number of hydrogen-bond acceptors (Lipinski definition) is 3. The van der Waals surface area contributed by atoms with Gasteiger partial charge in [-0.05, 0) is 25.0 Å². The number of nitrogens with one attached hydrogen (secondary N) is 2. The summed E-state index contributed by atoms with van der Waals surface area (Å²) in [7, 11) is 0. The molecule has 6 heteroatoms. The molecule has 0 fully saturated rings. The van der Waals surface area contributed by atoms with Crippen molar-refractivity contribution >= 4 is 17.8 Å². The van der Waals surface area contributed by atoms with Gasteiger partial charge in [0.1, 0.15) is 6.04 Å². The molecule has 0 aliphatic rings. The van der Waals surface area contributed by atoms with Crippen molar-refractivity contribution in [2.24, 2.45) is 0 Å². The Bertz CT molecular complexity index is 798. The van der Waals surface area contributed by atoms with E-state index in [1.54, 1.807) is 0 Å². The number of carboxylic acids is 1. The van der Waals surface area contributed by atoms with E-state index in [1.807, 2.05) is 62.4 Å². The van der Waals surface area contributed by atoms with Crippen molar-refractivity contribution in [3.05, 3.63) is 70.8 Å². The Morgan fingerprint density at radius 3 is 1.70 bits per heavy atom. The molecule has 3 N–H and O–H groups in total. The molecule has 0 radical (unpaired) electrons. The molecule has 0 aromatic heterocycles. The molecule has 2 aromatic rings. The number of carboxylic acid groups (broad SMARTS) is 1. The second kappa shape index (κ2) is 9.52. The van der Waals surface area contributed by atoms with Crippen LogP contribution in [-0.4, -0.2) is 35.5 Å². The van der Waals surface area contributed by atoms with Gasteiger partial charge in [0.05, 0.1) is 12.8 Å². The van der Waals surface area contributed by atoms with Crippen molar-refractivity contribution in [3.63, 3.8) is 0 Å². The highest BCUT2D eigenvalue weighted by molar-refractivity contribution is 5.86. The van der Waals surface area contributed by atoms with E-state index in [4.69, 9.17) is 0 Å². The Balaban J connectivity index is 1.84. The summed E-state index contributed by atoms with van der Waals surface area (Å²) in [6, 6.07) is 13.8. The minimum atomic E-state index is -1.19. The molecule has 0 bridgehead atoms. The Hall–Kier alpha value is -3.15. The number of carbonyl (C=O) groups excluding carboxylic acids is 2. The van der Waals surface area contributed by atoms with Crippen molar-refractivity contribution in [2.45, 2.75) is 32.7 Å². The summed E-state index contributed by atoms with van der Waals surface area (Å²) in [5, 5.41) is 14.3. The fourth-order valence-corrected chi connectivity index (χ4v) is 2.51. The fraction of sp³-hybridized carbons (Fsp3) is 0.286. The predicted molar refractivity (Wildman–Crippen MR) is 102 cm³/mol. The molecule has 2 amide bonds. The van der Waals surface area contributed by atoms with Gasteiger partial charge < -0.3 is 15.7 Å². The molecular formula is C21H24N2O4. The van der Waals surface area contributed by atoms with Crippen LogP contribution in [0.5, 0.6) is 0 Å². The van der Waals surface area contributed by atoms with Gasteiger partial charge in [-0.1, -0.05) is 59.7 Å². The third kappa shape index (κ3) is 6.93. The first-order valence-corrected chi connectivity index (χ1v) is 8.73. The molecule has 0 saturated heterocycles. The highest BCUT2D eigenvalue weighted by Gasteiger charge is 2.20. The zero-order chi connectivity index (χ0) is 19.8. The van der Waals surface area contributed by atoms with Gasteiger partial charge in [-0.25, -0.2) is 4.79 Å². The van der Waals surface area contributed by atoms with Crippen LogP contribution in [0.3, 0.4) is 0 Å². The van der Waals surface area contributed by atoms with E-state index in [0.717, 1.165) is 22.3 Å². The average Bonchev–Trinajstić information content (AvgIpc) is 2.62. The second-order valence-corrected chi connectivity index (χ2v) is 6.59. The molecular weight excluding hydrogens is 344 g/mol. The molecule has 0 aliphatic carbocycles. The van der Waals surface area contributed by atoms with Crippen LogP contribution < -0.4 is 10.6 Å². The normalized spacial score (nSPS) is 11.5. The number of hydrogen-bond donors (Lipinski definition) is 3. The molecule has 0 spiro atoms. The van der Waals surface area contributed by atoms with Crippen LogP contribution in [0.15, 0.2) is 48.5 Å². The Morgan fingerprint density at radius 1 is 0.815 bits per heavy atom. The van der Waals surface area contributed by atoms with E-state index < -0.39 is 17.9 Å². The van der Waals surface area contributed by atoms with E-state index in [0.29, 0.717) is 0 Å². The Morgan fingerprint density at radius 2 is 1.26 bits per heavy atom. The lowest BCUT2D eigenvalue weighted by molar-refractivity contribution is -0.141. The van der Waals surface area contributed by atoms with Gasteiger partial charge in [-0.3, -0.25) is 9.59 Å². The highest BCUT2D eigenvalue weighted by atomic mass is 16.4. The maximum atomic E-state index is 12.1. The number of aliphatic carboxylic acids is 1. The first kappa shape index (κ1) is 20.2. The molecule has 1 atom stereocenters. The summed E-state index contributed by atoms with van der Waals surface area (Å²) < 4.78 is 0. The highest BCUT2D eigenvalue weighted by Crippen LogP contribution is 2.05. The first-order valence-electron chi connectivity index (χ1n) is 8.73. The van der Waals surface area contributed by atoms with Gasteiger partial charge in [0.2, 0.25) is 11.8 Å². The Labute approximate surface area is 158 Å². The lowest BCUT2D eigenvalue weighted by Gasteiger charge is -2.15. The van der Waals surface area contributed by atoms with Crippen LogP contribution >= 0.6 is 0 Å². The zero-order valence-electron chi connectivity index (χ0n) is 15.5. The number of benzene rings is 2. The maximum absolute atomic E-state index is 12.1. The van der Waals surface area contributed by atoms with Gasteiger partial charge in [0, 0.05) is 6.54 Å². The monoisotopic (exact) mass is 368 g/mol. The number of aryl methyl sites for hydroxylation is 2. The van der Waals surface area contributed by atoms with Gasteiger partial charge >= 0.3 is 5.97 Å². The predicted octanol–water partition coefficient (Wildman–Crippen LogP) is 1.77. The van der Waals surface area contributed by atoms with Crippen molar-refractivity contribution in [2.75, 3.05) is 6.54 Å². The van der Waals surface area contributed by atoms with Gasteiger partial charge in [-0.2, -0.15) is 0 Å². The molecule has 0 heterocycles. The fourth-order valence-electron chi connectivity index (χ4n) is 2.51. The van der Waals surface area contributed by atoms with Crippen LogP contribution in [0.4, 0.5) is 0 Å². The molecule has 6 nitrogen and oxygen atoms in total. The van der Waals surface area contributed by atoms with Gasteiger partial charge in [0.25, 0.3) is 0 Å². The molecule has 142 valence electrons. The van der Waals surface area contributed by atoms with Gasteiger partial charge in [-0.15, -0.1) is 0 Å². The van der Waals surface area contributed by atoms with Crippen molar-refractivity contribution in [1.29, 1.82) is 0 Å².